The van der Waals surface area contributed by atoms with E-state index in [4.69, 9.17) is 5.73 Å². The molecule has 2 heteroatoms. The van der Waals surface area contributed by atoms with E-state index in [0.29, 0.717) is 18.6 Å². The Bertz CT molecular complexity index is 398. The van der Waals surface area contributed by atoms with Crippen LogP contribution >= 0.6 is 0 Å². The van der Waals surface area contributed by atoms with Crippen LogP contribution in [0.5, 0.6) is 0 Å². The highest BCUT2D eigenvalue weighted by molar-refractivity contribution is 5.24. The molecule has 2 rings (SSSR count). The highest BCUT2D eigenvalue weighted by atomic mass is 15.2. The van der Waals surface area contributed by atoms with Gasteiger partial charge in [-0.3, -0.25) is 4.90 Å². The average molecular weight is 260 g/mol. The molecule has 0 amide bonds. The summed E-state index contributed by atoms with van der Waals surface area (Å²) in [5.74, 6) is 1.52. The van der Waals surface area contributed by atoms with Crippen molar-refractivity contribution in [2.45, 2.75) is 46.2 Å². The number of nitrogens with two attached hydrogens (primary N) is 1. The lowest BCUT2D eigenvalue weighted by atomic mass is 9.84. The topological polar surface area (TPSA) is 29.3 Å². The Morgan fingerprint density at radius 1 is 1.21 bits per heavy atom. The van der Waals surface area contributed by atoms with Crippen molar-refractivity contribution in [3.8, 4) is 0 Å². The summed E-state index contributed by atoms with van der Waals surface area (Å²) in [5, 5.41) is 0. The average Bonchev–Trinajstić information content (AvgIpc) is 2.38. The van der Waals surface area contributed by atoms with Crippen molar-refractivity contribution >= 4 is 0 Å². The number of hydrogen-bond donors (Lipinski definition) is 1. The lowest BCUT2D eigenvalue weighted by Crippen LogP contribution is -2.49. The predicted octanol–water partition coefficient (Wildman–Crippen LogP) is 3.36. The molecule has 106 valence electrons. The number of hydrogen-bond acceptors (Lipinski definition) is 2. The van der Waals surface area contributed by atoms with Crippen LogP contribution < -0.4 is 5.73 Å². The van der Waals surface area contributed by atoms with Crippen LogP contribution in [0.15, 0.2) is 24.3 Å². The summed E-state index contributed by atoms with van der Waals surface area (Å²) in [4.78, 5) is 2.61. The molecule has 0 aromatic heterocycles. The van der Waals surface area contributed by atoms with Gasteiger partial charge < -0.3 is 5.73 Å². The van der Waals surface area contributed by atoms with E-state index < -0.39 is 0 Å². The third-order valence-electron chi connectivity index (χ3n) is 4.73. The first-order valence-corrected chi connectivity index (χ1v) is 7.55. The van der Waals surface area contributed by atoms with Crippen LogP contribution in [-0.2, 0) is 0 Å². The summed E-state index contributed by atoms with van der Waals surface area (Å²) < 4.78 is 0. The molecule has 2 N–H and O–H groups in total. The SMILES string of the molecule is Cc1ccc(C(CN)N2CC(C)CC(C)C2C)cc1. The lowest BCUT2D eigenvalue weighted by Gasteiger charge is -2.45. The second kappa shape index (κ2) is 6.06. The first-order valence-electron chi connectivity index (χ1n) is 7.55. The van der Waals surface area contributed by atoms with E-state index in [-0.39, 0.29) is 0 Å². The number of nitrogens with zero attached hydrogens (tertiary/aromatic N) is 1. The summed E-state index contributed by atoms with van der Waals surface area (Å²) in [6, 6.07) is 9.85. The molecule has 0 bridgehead atoms. The molecule has 1 heterocycles. The smallest absolute Gasteiger partial charge is 0.0473 e. The third kappa shape index (κ3) is 3.18. The number of piperidine rings is 1. The molecule has 2 nitrogen and oxygen atoms in total. The Labute approximate surface area is 118 Å². The molecule has 1 aliphatic rings. The van der Waals surface area contributed by atoms with Crippen molar-refractivity contribution in [1.29, 1.82) is 0 Å². The zero-order valence-electron chi connectivity index (χ0n) is 12.8. The minimum atomic E-state index is 0.362. The van der Waals surface area contributed by atoms with E-state index in [2.05, 4.69) is 56.9 Å². The fraction of sp³-hybridized carbons (Fsp3) is 0.647. The maximum atomic E-state index is 6.09. The van der Waals surface area contributed by atoms with E-state index in [1.807, 2.05) is 0 Å². The molecule has 1 aromatic rings. The van der Waals surface area contributed by atoms with Gasteiger partial charge in [0.2, 0.25) is 0 Å². The zero-order chi connectivity index (χ0) is 14.0. The van der Waals surface area contributed by atoms with Crippen LogP contribution in [0.1, 0.15) is 44.4 Å². The van der Waals surface area contributed by atoms with Crippen LogP contribution in [0.25, 0.3) is 0 Å². The van der Waals surface area contributed by atoms with Gasteiger partial charge in [-0.15, -0.1) is 0 Å². The Balaban J connectivity index is 2.22. The largest absolute Gasteiger partial charge is 0.329 e. The first-order chi connectivity index (χ1) is 9.02. The second-order valence-electron chi connectivity index (χ2n) is 6.42. The summed E-state index contributed by atoms with van der Waals surface area (Å²) in [6.07, 6.45) is 1.34. The minimum Gasteiger partial charge on any atom is -0.329 e. The van der Waals surface area contributed by atoms with E-state index >= 15 is 0 Å². The van der Waals surface area contributed by atoms with E-state index in [1.54, 1.807) is 0 Å². The van der Waals surface area contributed by atoms with Gasteiger partial charge >= 0.3 is 0 Å². The van der Waals surface area contributed by atoms with E-state index in [0.717, 1.165) is 11.8 Å². The quantitative estimate of drug-likeness (QED) is 0.903. The summed E-state index contributed by atoms with van der Waals surface area (Å²) >= 11 is 0. The fourth-order valence-electron chi connectivity index (χ4n) is 3.42. The van der Waals surface area contributed by atoms with Gasteiger partial charge in [-0.1, -0.05) is 43.7 Å². The van der Waals surface area contributed by atoms with Crippen LogP contribution in [0.2, 0.25) is 0 Å². The maximum absolute atomic E-state index is 6.09. The molecule has 0 aliphatic carbocycles. The third-order valence-corrected chi connectivity index (χ3v) is 4.73. The Hall–Kier alpha value is -0.860. The van der Waals surface area contributed by atoms with Crippen LogP contribution in [0, 0.1) is 18.8 Å². The Morgan fingerprint density at radius 2 is 1.84 bits per heavy atom. The standard InChI is InChI=1S/C17H28N2/c1-12-5-7-16(8-6-12)17(10-18)19-11-13(2)9-14(3)15(19)4/h5-8,13-15,17H,9-11,18H2,1-4H3. The van der Waals surface area contributed by atoms with E-state index in [1.165, 1.54) is 24.1 Å². The summed E-state index contributed by atoms with van der Waals surface area (Å²) in [6.45, 7) is 11.1. The first kappa shape index (κ1) is 14.5. The molecule has 4 atom stereocenters. The van der Waals surface area contributed by atoms with Gasteiger partial charge in [-0.05, 0) is 37.7 Å². The van der Waals surface area contributed by atoms with Crippen LogP contribution in [-0.4, -0.2) is 24.0 Å². The number of rotatable bonds is 3. The van der Waals surface area contributed by atoms with Gasteiger partial charge in [0.05, 0.1) is 0 Å². The predicted molar refractivity (Wildman–Crippen MR) is 82.1 cm³/mol. The van der Waals surface area contributed by atoms with Crippen molar-refractivity contribution < 1.29 is 0 Å². The summed E-state index contributed by atoms with van der Waals surface area (Å²) in [5.41, 5.74) is 8.76. The normalized spacial score (nSPS) is 30.3. The highest BCUT2D eigenvalue weighted by Gasteiger charge is 2.33. The van der Waals surface area contributed by atoms with Crippen molar-refractivity contribution in [1.82, 2.24) is 4.90 Å². The minimum absolute atomic E-state index is 0.362. The highest BCUT2D eigenvalue weighted by Crippen LogP contribution is 2.33. The maximum Gasteiger partial charge on any atom is 0.0473 e. The van der Waals surface area contributed by atoms with Gasteiger partial charge in [-0.25, -0.2) is 0 Å². The van der Waals surface area contributed by atoms with Crippen molar-refractivity contribution in [3.05, 3.63) is 35.4 Å². The second-order valence-corrected chi connectivity index (χ2v) is 6.42. The monoisotopic (exact) mass is 260 g/mol. The van der Waals surface area contributed by atoms with Crippen LogP contribution in [0.4, 0.5) is 0 Å². The zero-order valence-corrected chi connectivity index (χ0v) is 12.8. The molecule has 19 heavy (non-hydrogen) atoms. The molecule has 0 spiro atoms. The van der Waals surface area contributed by atoms with Gasteiger partial charge in [0, 0.05) is 25.2 Å². The number of aryl methyl sites for hydroxylation is 1. The van der Waals surface area contributed by atoms with E-state index in [9.17, 15) is 0 Å². The molecule has 1 aromatic carbocycles. The van der Waals surface area contributed by atoms with Crippen LogP contribution in [0.3, 0.4) is 0 Å². The van der Waals surface area contributed by atoms with Gasteiger partial charge in [0.1, 0.15) is 0 Å². The molecular formula is C17H28N2. The van der Waals surface area contributed by atoms with Gasteiger partial charge in [0.25, 0.3) is 0 Å². The van der Waals surface area contributed by atoms with Crippen molar-refractivity contribution in [3.63, 3.8) is 0 Å². The molecule has 1 fully saturated rings. The molecule has 1 aliphatic heterocycles. The number of likely N-dealkylation sites (tertiary alicyclic amines) is 1. The Kier molecular flexibility index (Phi) is 4.64. The molecule has 0 radical (unpaired) electrons. The molecule has 1 saturated heterocycles. The summed E-state index contributed by atoms with van der Waals surface area (Å²) in [7, 11) is 0. The Morgan fingerprint density at radius 3 is 2.42 bits per heavy atom. The van der Waals surface area contributed by atoms with Crippen molar-refractivity contribution in [2.24, 2.45) is 17.6 Å². The lowest BCUT2D eigenvalue weighted by molar-refractivity contribution is 0.0424. The number of benzene rings is 1. The molecule has 4 unspecified atom stereocenters. The van der Waals surface area contributed by atoms with Gasteiger partial charge in [-0.2, -0.15) is 0 Å². The fourth-order valence-corrected chi connectivity index (χ4v) is 3.42. The molecule has 0 saturated carbocycles. The van der Waals surface area contributed by atoms with Gasteiger partial charge in [0.15, 0.2) is 0 Å². The van der Waals surface area contributed by atoms with Crippen molar-refractivity contribution in [2.75, 3.05) is 13.1 Å². The molecular weight excluding hydrogens is 232 g/mol.